The molecule has 5 nitrogen and oxygen atoms in total. The van der Waals surface area contributed by atoms with E-state index in [1.807, 2.05) is 26.8 Å². The molecule has 0 spiro atoms. The van der Waals surface area contributed by atoms with Crippen molar-refractivity contribution in [1.82, 2.24) is 15.3 Å². The molecule has 158 valence electrons. The molecule has 4 atom stereocenters. The molecule has 0 radical (unpaired) electrons. The summed E-state index contributed by atoms with van der Waals surface area (Å²) in [5, 5.41) is 23.6. The molecule has 1 aromatic carbocycles. The second kappa shape index (κ2) is 8.81. The lowest BCUT2D eigenvalue weighted by Gasteiger charge is -2.25. The minimum Gasteiger partial charge on any atom is -0.396 e. The first-order valence-electron chi connectivity index (χ1n) is 9.97. The summed E-state index contributed by atoms with van der Waals surface area (Å²) in [6.45, 7) is 6.38. The van der Waals surface area contributed by atoms with Gasteiger partial charge in [-0.05, 0) is 42.5 Å². The first-order chi connectivity index (χ1) is 13.7. The molecule has 0 amide bonds. The molecule has 0 aliphatic heterocycles. The fraction of sp³-hybridized carbons (Fsp3) is 0.545. The van der Waals surface area contributed by atoms with E-state index in [0.29, 0.717) is 24.9 Å². The Morgan fingerprint density at radius 1 is 1.14 bits per heavy atom. The van der Waals surface area contributed by atoms with Crippen LogP contribution >= 0.6 is 0 Å². The smallest absolute Gasteiger partial charge is 0.159 e. The number of hydrogen-bond donors (Lipinski definition) is 3. The van der Waals surface area contributed by atoms with Crippen molar-refractivity contribution in [3.63, 3.8) is 0 Å². The van der Waals surface area contributed by atoms with Crippen molar-refractivity contribution in [3.8, 4) is 0 Å². The molecule has 2 aromatic rings. The van der Waals surface area contributed by atoms with E-state index in [-0.39, 0.29) is 29.9 Å². The molecule has 0 bridgehead atoms. The Morgan fingerprint density at radius 3 is 2.55 bits per heavy atom. The Kier molecular flexibility index (Phi) is 6.61. The molecule has 1 aromatic heterocycles. The molecular weight excluding hydrogens is 376 g/mol. The summed E-state index contributed by atoms with van der Waals surface area (Å²) < 4.78 is 26.6. The van der Waals surface area contributed by atoms with Crippen LogP contribution in [0.3, 0.4) is 0 Å². The number of halogens is 2. The van der Waals surface area contributed by atoms with Crippen LogP contribution in [0, 0.1) is 23.5 Å². The summed E-state index contributed by atoms with van der Waals surface area (Å²) in [6.07, 6.45) is 2.18. The van der Waals surface area contributed by atoms with Crippen LogP contribution in [-0.4, -0.2) is 38.9 Å². The molecule has 1 aliphatic carbocycles. The van der Waals surface area contributed by atoms with Crippen LogP contribution in [0.4, 0.5) is 8.78 Å². The number of nitrogens with zero attached hydrogens (tertiary/aromatic N) is 2. The summed E-state index contributed by atoms with van der Waals surface area (Å²) in [6, 6.07) is 5.60. The summed E-state index contributed by atoms with van der Waals surface area (Å²) in [5.41, 5.74) is 1.31. The molecular formula is C22H29F2N3O2. The number of rotatable bonds is 6. The topological polar surface area (TPSA) is 78.3 Å². The second-order valence-electron chi connectivity index (χ2n) is 8.87. The number of aliphatic hydroxyl groups is 2. The Hall–Kier alpha value is -1.96. The largest absolute Gasteiger partial charge is 0.396 e. The Balaban J connectivity index is 1.75. The van der Waals surface area contributed by atoms with Gasteiger partial charge >= 0.3 is 0 Å². The summed E-state index contributed by atoms with van der Waals surface area (Å²) in [4.78, 5) is 9.04. The normalized spacial score (nSPS) is 24.8. The van der Waals surface area contributed by atoms with E-state index < -0.39 is 17.7 Å². The first-order valence-corrected chi connectivity index (χ1v) is 9.97. The Bertz CT molecular complexity index is 841. The van der Waals surface area contributed by atoms with E-state index in [9.17, 15) is 19.0 Å². The monoisotopic (exact) mass is 405 g/mol. The van der Waals surface area contributed by atoms with Gasteiger partial charge in [-0.3, -0.25) is 0 Å². The highest BCUT2D eigenvalue weighted by atomic mass is 19.2. The number of hydrogen-bond acceptors (Lipinski definition) is 5. The molecule has 1 aliphatic rings. The third-order valence-corrected chi connectivity index (χ3v) is 5.65. The predicted octanol–water partition coefficient (Wildman–Crippen LogP) is 2.74. The van der Waals surface area contributed by atoms with Crippen molar-refractivity contribution in [2.75, 3.05) is 6.61 Å². The molecule has 0 saturated heterocycles. The van der Waals surface area contributed by atoms with Crippen molar-refractivity contribution in [3.05, 3.63) is 59.2 Å². The summed E-state index contributed by atoms with van der Waals surface area (Å²) in [5.74, 6) is -1.31. The van der Waals surface area contributed by atoms with Crippen LogP contribution in [0.25, 0.3) is 0 Å². The van der Waals surface area contributed by atoms with E-state index >= 15 is 0 Å². The molecule has 3 rings (SSSR count). The SMILES string of the molecule is CC(C)(C)c1nccc(C[C@@H]2[C@@H](CO)[C@H](O)C[C@H]2NCc2ccc(F)c(F)c2)n1. The number of benzene rings is 1. The van der Waals surface area contributed by atoms with Gasteiger partial charge in [0, 0.05) is 42.4 Å². The van der Waals surface area contributed by atoms with E-state index in [1.54, 1.807) is 6.20 Å². The number of nitrogens with one attached hydrogen (secondary N) is 1. The molecule has 7 heteroatoms. The summed E-state index contributed by atoms with van der Waals surface area (Å²) in [7, 11) is 0. The van der Waals surface area contributed by atoms with Crippen LogP contribution in [0.2, 0.25) is 0 Å². The van der Waals surface area contributed by atoms with Gasteiger partial charge in [-0.2, -0.15) is 0 Å². The van der Waals surface area contributed by atoms with E-state index in [1.165, 1.54) is 12.1 Å². The highest BCUT2D eigenvalue weighted by Crippen LogP contribution is 2.35. The third kappa shape index (κ3) is 5.15. The Morgan fingerprint density at radius 2 is 1.90 bits per heavy atom. The van der Waals surface area contributed by atoms with Crippen LogP contribution in [-0.2, 0) is 18.4 Å². The average Bonchev–Trinajstić information content (AvgIpc) is 2.96. The number of aromatic nitrogens is 2. The van der Waals surface area contributed by atoms with Gasteiger partial charge in [0.05, 0.1) is 6.10 Å². The lowest BCUT2D eigenvalue weighted by Crippen LogP contribution is -2.36. The molecule has 0 unspecified atom stereocenters. The zero-order valence-corrected chi connectivity index (χ0v) is 17.1. The van der Waals surface area contributed by atoms with E-state index in [0.717, 1.165) is 17.6 Å². The van der Waals surface area contributed by atoms with Crippen LogP contribution < -0.4 is 5.32 Å². The van der Waals surface area contributed by atoms with Crippen molar-refractivity contribution < 1.29 is 19.0 Å². The fourth-order valence-corrected chi connectivity index (χ4v) is 3.99. The standard InChI is InChI=1S/C22H29F2N3O2/c1-22(2,3)21-25-7-6-14(27-21)9-15-16(12-28)20(29)10-19(15)26-11-13-4-5-17(23)18(24)8-13/h4-8,15-16,19-20,26,28-29H,9-12H2,1-3H3/t15-,16-,19-,20-/m1/s1. The van der Waals surface area contributed by atoms with E-state index in [2.05, 4.69) is 15.3 Å². The Labute approximate surface area is 170 Å². The molecule has 3 N–H and O–H groups in total. The van der Waals surface area contributed by atoms with Gasteiger partial charge in [0.15, 0.2) is 11.6 Å². The fourth-order valence-electron chi connectivity index (χ4n) is 3.99. The summed E-state index contributed by atoms with van der Waals surface area (Å²) >= 11 is 0. The van der Waals surface area contributed by atoms with Crippen LogP contribution in [0.5, 0.6) is 0 Å². The molecule has 1 fully saturated rings. The highest BCUT2D eigenvalue weighted by molar-refractivity contribution is 5.18. The predicted molar refractivity (Wildman–Crippen MR) is 106 cm³/mol. The molecule has 1 saturated carbocycles. The van der Waals surface area contributed by atoms with Gasteiger partial charge in [-0.15, -0.1) is 0 Å². The first kappa shape index (κ1) is 21.7. The van der Waals surface area contributed by atoms with Crippen molar-refractivity contribution in [2.45, 2.75) is 57.7 Å². The minimum absolute atomic E-state index is 0.0389. The third-order valence-electron chi connectivity index (χ3n) is 5.65. The van der Waals surface area contributed by atoms with Crippen molar-refractivity contribution in [1.29, 1.82) is 0 Å². The molecule has 29 heavy (non-hydrogen) atoms. The van der Waals surface area contributed by atoms with Crippen LogP contribution in [0.15, 0.2) is 30.5 Å². The van der Waals surface area contributed by atoms with Gasteiger partial charge in [-0.25, -0.2) is 18.7 Å². The van der Waals surface area contributed by atoms with E-state index in [4.69, 9.17) is 0 Å². The van der Waals surface area contributed by atoms with Gasteiger partial charge in [0.25, 0.3) is 0 Å². The number of aliphatic hydroxyl groups excluding tert-OH is 2. The maximum Gasteiger partial charge on any atom is 0.159 e. The maximum absolute atomic E-state index is 13.5. The zero-order valence-electron chi connectivity index (χ0n) is 17.1. The lowest BCUT2D eigenvalue weighted by molar-refractivity contribution is 0.0715. The molecule has 1 heterocycles. The van der Waals surface area contributed by atoms with Gasteiger partial charge < -0.3 is 15.5 Å². The van der Waals surface area contributed by atoms with Crippen molar-refractivity contribution >= 4 is 0 Å². The maximum atomic E-state index is 13.5. The van der Waals surface area contributed by atoms with Gasteiger partial charge in [-0.1, -0.05) is 26.8 Å². The zero-order chi connectivity index (χ0) is 21.2. The van der Waals surface area contributed by atoms with Crippen molar-refractivity contribution in [2.24, 2.45) is 11.8 Å². The highest BCUT2D eigenvalue weighted by Gasteiger charge is 2.42. The van der Waals surface area contributed by atoms with Gasteiger partial charge in [0.2, 0.25) is 0 Å². The van der Waals surface area contributed by atoms with Crippen LogP contribution in [0.1, 0.15) is 44.3 Å². The quantitative estimate of drug-likeness (QED) is 0.689. The lowest BCUT2D eigenvalue weighted by atomic mass is 9.88. The van der Waals surface area contributed by atoms with Gasteiger partial charge in [0.1, 0.15) is 5.82 Å². The minimum atomic E-state index is -0.878. The average molecular weight is 405 g/mol. The second-order valence-corrected chi connectivity index (χ2v) is 8.87.